The van der Waals surface area contributed by atoms with E-state index in [4.69, 9.17) is 2.82 Å². The predicted octanol–water partition coefficient (Wildman–Crippen LogP) is 1.92. The lowest BCUT2D eigenvalue weighted by Crippen LogP contribution is -1.97. The molecule has 8 heavy (non-hydrogen) atoms. The van der Waals surface area contributed by atoms with E-state index >= 15 is 0 Å². The van der Waals surface area contributed by atoms with Gasteiger partial charge in [0, 0.05) is 0 Å². The molecule has 0 saturated carbocycles. The Labute approximate surface area is 55.2 Å². The van der Waals surface area contributed by atoms with Gasteiger partial charge < -0.3 is 5.72 Å². The molecule has 0 aliphatic carbocycles. The van der Waals surface area contributed by atoms with Crippen molar-refractivity contribution in [3.05, 3.63) is 0 Å². The van der Waals surface area contributed by atoms with Gasteiger partial charge in [0.2, 0.25) is 0 Å². The largest absolute Gasteiger partial charge is 0.330 e. The molecular formula is C7H17N. The van der Waals surface area contributed by atoms with Gasteiger partial charge in [-0.1, -0.05) is 32.6 Å². The van der Waals surface area contributed by atoms with Gasteiger partial charge in [0.15, 0.2) is 0 Å². The van der Waals surface area contributed by atoms with Crippen LogP contribution in [0.2, 0.25) is 2.82 Å². The van der Waals surface area contributed by atoms with Crippen LogP contribution in [-0.4, -0.2) is 6.54 Å². The van der Waals surface area contributed by atoms with E-state index in [0.717, 1.165) is 12.1 Å². The topological polar surface area (TPSA) is 26.0 Å². The predicted molar refractivity (Wildman–Crippen MR) is 37.8 cm³/mol. The first kappa shape index (κ1) is 4.80. The molecule has 0 rings (SSSR count). The Bertz CT molecular complexity index is 66.6. The van der Waals surface area contributed by atoms with Crippen molar-refractivity contribution in [3.8, 4) is 0 Å². The molecule has 0 amide bonds. The summed E-state index contributed by atoms with van der Waals surface area (Å²) in [5.41, 5.74) is 0.756. The second-order valence-corrected chi connectivity index (χ2v) is 2.14. The zero-order valence-electron chi connectivity index (χ0n) is 7.69. The second kappa shape index (κ2) is 6.96. The van der Waals surface area contributed by atoms with E-state index in [0.29, 0.717) is 6.54 Å². The fourth-order valence-corrected chi connectivity index (χ4v) is 0.715. The van der Waals surface area contributed by atoms with E-state index in [1.165, 1.54) is 25.7 Å². The Hall–Kier alpha value is -0.0400. The van der Waals surface area contributed by atoms with Crippen molar-refractivity contribution in [2.45, 2.75) is 39.0 Å². The zero-order chi connectivity index (χ0) is 7.82. The van der Waals surface area contributed by atoms with Gasteiger partial charge in [-0.15, -0.1) is 0 Å². The maximum atomic E-state index is 6.76. The van der Waals surface area contributed by atoms with E-state index in [1.807, 2.05) is 0 Å². The molecule has 0 heterocycles. The zero-order valence-corrected chi connectivity index (χ0v) is 5.69. The number of rotatable bonds is 6. The normalized spacial score (nSPS) is 13.8. The number of unbranched alkanes of at least 4 members (excludes halogenated alkanes) is 4. The molecule has 1 heteroatoms. The minimum absolute atomic E-state index is 0.587. The van der Waals surface area contributed by atoms with Crippen molar-refractivity contribution in [1.82, 2.24) is 0 Å². The quantitative estimate of drug-likeness (QED) is 0.528. The molecule has 0 aromatic rings. The van der Waals surface area contributed by atoms with Crippen LogP contribution in [0, 0.1) is 0 Å². The summed E-state index contributed by atoms with van der Waals surface area (Å²) in [5.74, 6) is 0. The van der Waals surface area contributed by atoms with Gasteiger partial charge in [-0.05, 0) is 13.0 Å². The fourth-order valence-electron chi connectivity index (χ4n) is 0.715. The molecule has 0 spiro atoms. The van der Waals surface area contributed by atoms with Crippen molar-refractivity contribution in [2.24, 2.45) is 5.72 Å². The molecule has 1 nitrogen and oxygen atoms in total. The molecule has 50 valence electrons. The van der Waals surface area contributed by atoms with Crippen LogP contribution >= 0.6 is 0 Å². The van der Waals surface area contributed by atoms with E-state index in [2.05, 4.69) is 6.92 Å². The molecule has 0 fully saturated rings. The Kier molecular flexibility index (Phi) is 4.18. The van der Waals surface area contributed by atoms with Gasteiger partial charge in [-0.25, -0.2) is 0 Å². The number of nitrogens with two attached hydrogens (primary N) is 1. The highest BCUT2D eigenvalue weighted by Gasteiger charge is 1.83. The molecule has 0 aromatic carbocycles. The third-order valence-corrected chi connectivity index (χ3v) is 1.26. The molecule has 0 radical (unpaired) electrons. The van der Waals surface area contributed by atoms with Crippen LogP contribution in [0.3, 0.4) is 0 Å². The van der Waals surface area contributed by atoms with Crippen molar-refractivity contribution >= 4 is 0 Å². The average Bonchev–Trinajstić information content (AvgIpc) is 1.87. The van der Waals surface area contributed by atoms with Gasteiger partial charge in [0.25, 0.3) is 0 Å². The van der Waals surface area contributed by atoms with Crippen molar-refractivity contribution < 1.29 is 2.82 Å². The summed E-state index contributed by atoms with van der Waals surface area (Å²) in [6, 6.07) is 0. The van der Waals surface area contributed by atoms with Gasteiger partial charge in [-0.2, -0.15) is 0 Å². The van der Waals surface area contributed by atoms with Crippen LogP contribution in [0.25, 0.3) is 0 Å². The summed E-state index contributed by atoms with van der Waals surface area (Å²) < 4.78 is 13.5. The van der Waals surface area contributed by atoms with Crippen LogP contribution in [-0.2, 0) is 0 Å². The molecule has 0 unspecified atom stereocenters. The molecule has 0 atom stereocenters. The van der Waals surface area contributed by atoms with E-state index in [1.54, 1.807) is 0 Å². The Morgan fingerprint density at radius 3 is 2.62 bits per heavy atom. The first-order chi connectivity index (χ1) is 4.77. The number of hydrogen-bond donors (Lipinski definition) is 1. The summed E-state index contributed by atoms with van der Waals surface area (Å²) in [6.45, 7) is 2.77. The van der Waals surface area contributed by atoms with Gasteiger partial charge in [0.1, 0.15) is 2.82 Å². The second-order valence-electron chi connectivity index (χ2n) is 2.14. The van der Waals surface area contributed by atoms with Crippen molar-refractivity contribution in [3.63, 3.8) is 0 Å². The molecule has 0 aliphatic heterocycles. The first-order valence-corrected chi connectivity index (χ1v) is 3.52. The summed E-state index contributed by atoms with van der Waals surface area (Å²) >= 11 is 0. The highest BCUT2D eigenvalue weighted by atomic mass is 14.5. The fraction of sp³-hybridized carbons (Fsp3) is 1.00. The Balaban J connectivity index is 2.77. The SMILES string of the molecule is [2H]N([2H])CCCCCCC. The highest BCUT2D eigenvalue weighted by Crippen LogP contribution is 2.00. The van der Waals surface area contributed by atoms with Crippen LogP contribution in [0.1, 0.15) is 39.0 Å². The van der Waals surface area contributed by atoms with E-state index < -0.39 is 0 Å². The molecule has 0 aromatic heterocycles. The summed E-state index contributed by atoms with van der Waals surface area (Å²) in [6.07, 6.45) is 5.96. The lowest BCUT2D eigenvalue weighted by atomic mass is 10.2. The minimum atomic E-state index is 0.587. The van der Waals surface area contributed by atoms with E-state index in [9.17, 15) is 0 Å². The molecular weight excluding hydrogens is 98.1 g/mol. The standard InChI is InChI=1S/C7H17N/c1-2-3-4-5-6-7-8/h2-8H2,1H3/i/hD2. The van der Waals surface area contributed by atoms with Crippen molar-refractivity contribution in [2.75, 3.05) is 6.54 Å². The van der Waals surface area contributed by atoms with Gasteiger partial charge in [0.05, 0.1) is 0 Å². The monoisotopic (exact) mass is 117 g/mol. The molecule has 0 aliphatic rings. The van der Waals surface area contributed by atoms with Crippen LogP contribution in [0.5, 0.6) is 0 Å². The summed E-state index contributed by atoms with van der Waals surface area (Å²) in [5, 5.41) is 0. The van der Waals surface area contributed by atoms with Crippen LogP contribution in [0.15, 0.2) is 0 Å². The first-order valence-electron chi connectivity index (χ1n) is 4.42. The highest BCUT2D eigenvalue weighted by molar-refractivity contribution is 4.41. The van der Waals surface area contributed by atoms with Crippen LogP contribution in [0.4, 0.5) is 0 Å². The smallest absolute Gasteiger partial charge is 0.118 e. The summed E-state index contributed by atoms with van der Waals surface area (Å²) in [7, 11) is 0. The summed E-state index contributed by atoms with van der Waals surface area (Å²) in [4.78, 5) is 0. The van der Waals surface area contributed by atoms with Gasteiger partial charge in [-0.3, -0.25) is 0 Å². The molecule has 0 bridgehead atoms. The molecule has 0 saturated heterocycles. The minimum Gasteiger partial charge on any atom is -0.330 e. The average molecular weight is 117 g/mol. The lowest BCUT2D eigenvalue weighted by Gasteiger charge is -1.93. The maximum Gasteiger partial charge on any atom is 0.118 e. The third-order valence-electron chi connectivity index (χ3n) is 1.26. The van der Waals surface area contributed by atoms with Gasteiger partial charge >= 0.3 is 0 Å². The van der Waals surface area contributed by atoms with Crippen molar-refractivity contribution in [1.29, 1.82) is 0 Å². The third kappa shape index (κ3) is 5.96. The lowest BCUT2D eigenvalue weighted by molar-refractivity contribution is 0.638. The maximum absolute atomic E-state index is 6.76. The molecule has 2 N–H and O–H groups in total. The number of hydrogen-bond acceptors (Lipinski definition) is 1. The Morgan fingerprint density at radius 2 is 2.00 bits per heavy atom. The Morgan fingerprint density at radius 1 is 1.25 bits per heavy atom. The van der Waals surface area contributed by atoms with Crippen LogP contribution < -0.4 is 5.72 Å². The van der Waals surface area contributed by atoms with E-state index in [-0.39, 0.29) is 0 Å².